The van der Waals surface area contributed by atoms with Gasteiger partial charge in [0.15, 0.2) is 9.84 Å². The molecule has 7 nitrogen and oxygen atoms in total. The Kier molecular flexibility index (Phi) is 6.34. The van der Waals surface area contributed by atoms with Gasteiger partial charge in [-0.2, -0.15) is 5.10 Å². The van der Waals surface area contributed by atoms with Gasteiger partial charge >= 0.3 is 0 Å². The molecule has 0 unspecified atom stereocenters. The van der Waals surface area contributed by atoms with Crippen LogP contribution in [0.1, 0.15) is 49.1 Å². The minimum absolute atomic E-state index is 0.0373. The summed E-state index contributed by atoms with van der Waals surface area (Å²) in [6.45, 7) is 2.22. The van der Waals surface area contributed by atoms with Crippen LogP contribution < -0.4 is 5.73 Å². The van der Waals surface area contributed by atoms with E-state index in [1.165, 1.54) is 11.6 Å². The van der Waals surface area contributed by atoms with E-state index in [9.17, 15) is 17.2 Å². The van der Waals surface area contributed by atoms with Crippen molar-refractivity contribution in [2.45, 2.75) is 49.5 Å². The molecule has 4 aromatic rings. The summed E-state index contributed by atoms with van der Waals surface area (Å²) in [7, 11) is -3.76. The topological polar surface area (TPSA) is 103 Å². The molecular formula is C26H27F2N5O2S. The molecule has 0 aliphatic heterocycles. The monoisotopic (exact) mass is 511 g/mol. The average molecular weight is 512 g/mol. The lowest BCUT2D eigenvalue weighted by Crippen LogP contribution is -2.31. The van der Waals surface area contributed by atoms with E-state index in [1.807, 2.05) is 12.3 Å². The highest BCUT2D eigenvalue weighted by Crippen LogP contribution is 2.37. The van der Waals surface area contributed by atoms with Gasteiger partial charge < -0.3 is 5.73 Å². The quantitative estimate of drug-likeness (QED) is 0.429. The minimum atomic E-state index is -3.76. The number of rotatable bonds is 5. The van der Waals surface area contributed by atoms with E-state index < -0.39 is 31.9 Å². The number of hydrogen-bond donors (Lipinski definition) is 1. The van der Waals surface area contributed by atoms with Crippen molar-refractivity contribution in [3.05, 3.63) is 77.5 Å². The summed E-state index contributed by atoms with van der Waals surface area (Å²) in [5, 5.41) is 4.47. The van der Waals surface area contributed by atoms with Crippen molar-refractivity contribution in [1.82, 2.24) is 19.6 Å². The van der Waals surface area contributed by atoms with Crippen LogP contribution in [0.5, 0.6) is 0 Å². The molecule has 1 aliphatic carbocycles. The number of pyridine rings is 1. The first-order chi connectivity index (χ1) is 17.1. The number of imidazole rings is 1. The third kappa shape index (κ3) is 4.75. The Bertz CT molecular complexity index is 1520. The van der Waals surface area contributed by atoms with Gasteiger partial charge in [-0.3, -0.25) is 4.98 Å². The van der Waals surface area contributed by atoms with Crippen molar-refractivity contribution in [2.24, 2.45) is 11.7 Å². The second-order valence-electron chi connectivity index (χ2n) is 9.78. The molecule has 0 amide bonds. The van der Waals surface area contributed by atoms with Gasteiger partial charge in [-0.1, -0.05) is 6.92 Å². The van der Waals surface area contributed by atoms with Crippen molar-refractivity contribution >= 4 is 15.4 Å². The van der Waals surface area contributed by atoms with Gasteiger partial charge in [0.2, 0.25) is 0 Å². The van der Waals surface area contributed by atoms with Gasteiger partial charge in [0.25, 0.3) is 0 Å². The molecule has 0 radical (unpaired) electrons. The molecule has 0 saturated heterocycles. The summed E-state index contributed by atoms with van der Waals surface area (Å²) >= 11 is 0. The van der Waals surface area contributed by atoms with E-state index in [4.69, 9.17) is 5.73 Å². The van der Waals surface area contributed by atoms with Crippen LogP contribution in [0.15, 0.2) is 53.8 Å². The number of hydrogen-bond acceptors (Lipinski definition) is 6. The van der Waals surface area contributed by atoms with Crippen molar-refractivity contribution in [1.29, 1.82) is 0 Å². The number of sulfone groups is 1. The molecule has 1 fully saturated rings. The second-order valence-corrected chi connectivity index (χ2v) is 11.8. The molecule has 1 saturated carbocycles. The highest BCUT2D eigenvalue weighted by atomic mass is 32.2. The van der Waals surface area contributed by atoms with Crippen molar-refractivity contribution in [3.63, 3.8) is 0 Å². The molecule has 1 aliphatic rings. The fraction of sp³-hybridized carbons (Fsp3) is 0.346. The van der Waals surface area contributed by atoms with Crippen molar-refractivity contribution < 1.29 is 17.2 Å². The lowest BCUT2D eigenvalue weighted by molar-refractivity contribution is 0.307. The minimum Gasteiger partial charge on any atom is -0.328 e. The molecule has 3 heterocycles. The van der Waals surface area contributed by atoms with Gasteiger partial charge in [-0.15, -0.1) is 0 Å². The van der Waals surface area contributed by atoms with E-state index in [-0.39, 0.29) is 11.7 Å². The maximum Gasteiger partial charge on any atom is 0.175 e. The number of aromatic nitrogens is 4. The van der Waals surface area contributed by atoms with Crippen LogP contribution in [-0.4, -0.2) is 40.3 Å². The van der Waals surface area contributed by atoms with Gasteiger partial charge in [0, 0.05) is 31.1 Å². The van der Waals surface area contributed by atoms with Crippen LogP contribution >= 0.6 is 0 Å². The first-order valence-corrected chi connectivity index (χ1v) is 13.7. The Hall–Kier alpha value is -3.24. The summed E-state index contributed by atoms with van der Waals surface area (Å²) < 4.78 is 54.7. The van der Waals surface area contributed by atoms with E-state index in [0.29, 0.717) is 29.6 Å². The van der Waals surface area contributed by atoms with E-state index in [2.05, 4.69) is 22.0 Å². The SMILES string of the molecule is C[C@@H]1C[C@H](N)C[C@H](c2ccncc2Cc2ncc3ccc(-c4c(F)cc(S(C)(=O)=O)cc4F)nn23)C1. The van der Waals surface area contributed by atoms with Crippen LogP contribution in [0.4, 0.5) is 8.78 Å². The molecule has 10 heteroatoms. The zero-order valence-electron chi connectivity index (χ0n) is 20.0. The fourth-order valence-corrected chi connectivity index (χ4v) is 5.90. The molecule has 1 aromatic carbocycles. The van der Waals surface area contributed by atoms with Crippen LogP contribution in [0.25, 0.3) is 16.8 Å². The lowest BCUT2D eigenvalue weighted by Gasteiger charge is -2.32. The lowest BCUT2D eigenvalue weighted by atomic mass is 9.75. The molecule has 2 N–H and O–H groups in total. The Morgan fingerprint density at radius 3 is 2.53 bits per heavy atom. The summed E-state index contributed by atoms with van der Waals surface area (Å²) in [5.74, 6) is -0.534. The van der Waals surface area contributed by atoms with Crippen LogP contribution in [0.2, 0.25) is 0 Å². The smallest absolute Gasteiger partial charge is 0.175 e. The summed E-state index contributed by atoms with van der Waals surface area (Å²) in [4.78, 5) is 8.41. The molecular weight excluding hydrogens is 484 g/mol. The summed E-state index contributed by atoms with van der Waals surface area (Å²) in [6, 6.07) is 6.98. The van der Waals surface area contributed by atoms with Gasteiger partial charge in [-0.05, 0) is 72.6 Å². The van der Waals surface area contributed by atoms with E-state index >= 15 is 0 Å². The van der Waals surface area contributed by atoms with E-state index in [1.54, 1.807) is 23.0 Å². The first-order valence-electron chi connectivity index (χ1n) is 11.8. The number of nitrogens with two attached hydrogens (primary N) is 1. The Morgan fingerprint density at radius 1 is 1.08 bits per heavy atom. The number of benzene rings is 1. The number of nitrogens with zero attached hydrogens (tertiary/aromatic N) is 4. The highest BCUT2D eigenvalue weighted by Gasteiger charge is 2.27. The summed E-state index contributed by atoms with van der Waals surface area (Å²) in [5.41, 5.74) is 8.82. The second kappa shape index (κ2) is 9.33. The molecule has 188 valence electrons. The third-order valence-electron chi connectivity index (χ3n) is 6.86. The number of fused-ring (bicyclic) bond motifs is 1. The molecule has 3 atom stereocenters. The average Bonchev–Trinajstić information content (AvgIpc) is 3.20. The van der Waals surface area contributed by atoms with Crippen molar-refractivity contribution in [2.75, 3.05) is 6.26 Å². The molecule has 36 heavy (non-hydrogen) atoms. The van der Waals surface area contributed by atoms with Crippen LogP contribution in [0, 0.1) is 17.6 Å². The van der Waals surface area contributed by atoms with Gasteiger partial charge in [0.1, 0.15) is 17.5 Å². The van der Waals surface area contributed by atoms with Crippen LogP contribution in [-0.2, 0) is 16.3 Å². The van der Waals surface area contributed by atoms with Crippen LogP contribution in [0.3, 0.4) is 0 Å². The third-order valence-corrected chi connectivity index (χ3v) is 7.96. The van der Waals surface area contributed by atoms with E-state index in [0.717, 1.165) is 43.2 Å². The Morgan fingerprint density at radius 2 is 1.83 bits per heavy atom. The predicted molar refractivity (Wildman–Crippen MR) is 132 cm³/mol. The first kappa shape index (κ1) is 24.5. The zero-order valence-corrected chi connectivity index (χ0v) is 20.8. The number of halogens is 2. The fourth-order valence-electron chi connectivity index (χ4n) is 5.26. The molecule has 0 bridgehead atoms. The molecule has 3 aromatic heterocycles. The Labute approximate surface area is 208 Å². The zero-order chi connectivity index (χ0) is 25.6. The maximum atomic E-state index is 14.8. The Balaban J connectivity index is 1.52. The van der Waals surface area contributed by atoms with Gasteiger partial charge in [-0.25, -0.2) is 26.7 Å². The maximum absolute atomic E-state index is 14.8. The normalized spacial score (nSPS) is 20.6. The highest BCUT2D eigenvalue weighted by molar-refractivity contribution is 7.90. The predicted octanol–water partition coefficient (Wildman–Crippen LogP) is 4.29. The standard InChI is InChI=1S/C26H27F2N5O2S/c1-15-7-16(9-18(29)8-15)21-5-6-30-13-17(21)10-25-31-14-19-3-4-24(32-33(19)25)26-22(27)11-20(12-23(26)28)36(2,34)35/h3-6,11-16,18H,7-10,29H2,1-2H3/t15-,16+,18-/m0/s1. The largest absolute Gasteiger partial charge is 0.328 e. The summed E-state index contributed by atoms with van der Waals surface area (Å²) in [6.07, 6.45) is 9.59. The molecule has 5 rings (SSSR count). The van der Waals surface area contributed by atoms with Gasteiger partial charge in [0.05, 0.1) is 27.9 Å². The molecule has 0 spiro atoms. The van der Waals surface area contributed by atoms with Crippen molar-refractivity contribution in [3.8, 4) is 11.3 Å².